The number of nitrogens with one attached hydrogen (secondary N) is 1. The topological polar surface area (TPSA) is 59.8 Å². The van der Waals surface area contributed by atoms with Gasteiger partial charge in [0.05, 0.1) is 5.75 Å². The Morgan fingerprint density at radius 2 is 2.00 bits per heavy atom. The first kappa shape index (κ1) is 16.8. The number of nitrogens with zero attached hydrogens (tertiary/aromatic N) is 3. The van der Waals surface area contributed by atoms with E-state index < -0.39 is 0 Å². The minimum atomic E-state index is -0.0796. The number of amides is 1. The molecule has 1 heterocycles. The van der Waals surface area contributed by atoms with E-state index in [4.69, 9.17) is 11.6 Å². The zero-order valence-corrected chi connectivity index (χ0v) is 14.4. The molecule has 0 bridgehead atoms. The molecule has 22 heavy (non-hydrogen) atoms. The number of anilines is 1. The Hall–Kier alpha value is -1.53. The van der Waals surface area contributed by atoms with Gasteiger partial charge in [-0.15, -0.1) is 10.2 Å². The molecule has 0 unspecified atom stereocenters. The molecular weight excluding hydrogens is 320 g/mol. The van der Waals surface area contributed by atoms with Crippen molar-refractivity contribution in [1.82, 2.24) is 14.8 Å². The predicted molar refractivity (Wildman–Crippen MR) is 90.6 cm³/mol. The van der Waals surface area contributed by atoms with E-state index in [1.165, 1.54) is 11.8 Å². The van der Waals surface area contributed by atoms with Gasteiger partial charge in [0.25, 0.3) is 0 Å². The predicted octanol–water partition coefficient (Wildman–Crippen LogP) is 3.81. The summed E-state index contributed by atoms with van der Waals surface area (Å²) in [6.07, 6.45) is 0. The van der Waals surface area contributed by atoms with E-state index in [2.05, 4.69) is 29.4 Å². The zero-order valence-electron chi connectivity index (χ0n) is 12.8. The number of rotatable bonds is 6. The largest absolute Gasteiger partial charge is 0.325 e. The maximum atomic E-state index is 12.0. The summed E-state index contributed by atoms with van der Waals surface area (Å²) >= 11 is 7.21. The van der Waals surface area contributed by atoms with Crippen LogP contribution in [0.2, 0.25) is 5.02 Å². The van der Waals surface area contributed by atoms with Gasteiger partial charge in [0.15, 0.2) is 5.16 Å². The molecule has 0 radical (unpaired) electrons. The standard InChI is InChI=1S/C15H19ClN4OS/c1-4-20-14(10(2)3)18-19-15(20)22-9-13(21)17-12-7-5-11(16)6-8-12/h5-8,10H,4,9H2,1-3H3,(H,17,21). The average Bonchev–Trinajstić information content (AvgIpc) is 2.90. The van der Waals surface area contributed by atoms with Gasteiger partial charge in [-0.3, -0.25) is 4.79 Å². The highest BCUT2D eigenvalue weighted by atomic mass is 35.5. The van der Waals surface area contributed by atoms with E-state index in [0.717, 1.165) is 23.2 Å². The summed E-state index contributed by atoms with van der Waals surface area (Å²) in [4.78, 5) is 12.0. The molecule has 1 N–H and O–H groups in total. The Balaban J connectivity index is 1.95. The second-order valence-corrected chi connectivity index (χ2v) is 6.46. The number of hydrogen-bond acceptors (Lipinski definition) is 4. The number of aromatic nitrogens is 3. The third kappa shape index (κ3) is 4.24. The second kappa shape index (κ2) is 7.65. The molecule has 0 saturated heterocycles. The molecular formula is C15H19ClN4OS. The molecule has 0 saturated carbocycles. The molecule has 2 aromatic rings. The van der Waals surface area contributed by atoms with Crippen LogP contribution in [0.4, 0.5) is 5.69 Å². The van der Waals surface area contributed by atoms with Crippen LogP contribution in [0.3, 0.4) is 0 Å². The lowest BCUT2D eigenvalue weighted by Gasteiger charge is -2.09. The van der Waals surface area contributed by atoms with Crippen LogP contribution in [-0.4, -0.2) is 26.4 Å². The van der Waals surface area contributed by atoms with Gasteiger partial charge >= 0.3 is 0 Å². The molecule has 0 aliphatic carbocycles. The highest BCUT2D eigenvalue weighted by molar-refractivity contribution is 7.99. The molecule has 1 aromatic heterocycles. The smallest absolute Gasteiger partial charge is 0.234 e. The number of halogens is 1. The van der Waals surface area contributed by atoms with Crippen molar-refractivity contribution in [1.29, 1.82) is 0 Å². The molecule has 1 amide bonds. The van der Waals surface area contributed by atoms with Crippen molar-refractivity contribution in [2.75, 3.05) is 11.1 Å². The fraction of sp³-hybridized carbons (Fsp3) is 0.400. The monoisotopic (exact) mass is 338 g/mol. The lowest BCUT2D eigenvalue weighted by Crippen LogP contribution is -2.14. The fourth-order valence-corrected chi connectivity index (χ4v) is 2.93. The van der Waals surface area contributed by atoms with E-state index in [1.807, 2.05) is 11.5 Å². The van der Waals surface area contributed by atoms with Crippen LogP contribution >= 0.6 is 23.4 Å². The summed E-state index contributed by atoms with van der Waals surface area (Å²) in [6.45, 7) is 7.00. The summed E-state index contributed by atoms with van der Waals surface area (Å²) in [5, 5.41) is 12.6. The minimum Gasteiger partial charge on any atom is -0.325 e. The third-order valence-electron chi connectivity index (χ3n) is 3.04. The van der Waals surface area contributed by atoms with Crippen molar-refractivity contribution in [3.63, 3.8) is 0 Å². The third-order valence-corrected chi connectivity index (χ3v) is 4.26. The molecule has 2 rings (SSSR count). The van der Waals surface area contributed by atoms with E-state index in [-0.39, 0.29) is 5.91 Å². The highest BCUT2D eigenvalue weighted by Crippen LogP contribution is 2.21. The molecule has 5 nitrogen and oxygen atoms in total. The molecule has 1 aromatic carbocycles. The second-order valence-electron chi connectivity index (χ2n) is 5.08. The molecule has 7 heteroatoms. The van der Waals surface area contributed by atoms with Gasteiger partial charge in [0, 0.05) is 23.2 Å². The maximum absolute atomic E-state index is 12.0. The van der Waals surface area contributed by atoms with E-state index >= 15 is 0 Å². The average molecular weight is 339 g/mol. The van der Waals surface area contributed by atoms with Crippen molar-refractivity contribution < 1.29 is 4.79 Å². The van der Waals surface area contributed by atoms with Crippen LogP contribution in [0.5, 0.6) is 0 Å². The van der Waals surface area contributed by atoms with E-state index in [0.29, 0.717) is 16.7 Å². The Labute approximate surface area is 139 Å². The Kier molecular flexibility index (Phi) is 5.85. The first-order valence-corrected chi connectivity index (χ1v) is 8.49. The highest BCUT2D eigenvalue weighted by Gasteiger charge is 2.15. The van der Waals surface area contributed by atoms with Crippen LogP contribution in [0.15, 0.2) is 29.4 Å². The lowest BCUT2D eigenvalue weighted by molar-refractivity contribution is -0.113. The van der Waals surface area contributed by atoms with Crippen molar-refractivity contribution in [3.8, 4) is 0 Å². The molecule has 0 spiro atoms. The van der Waals surface area contributed by atoms with Gasteiger partial charge in [-0.2, -0.15) is 0 Å². The van der Waals surface area contributed by atoms with Crippen LogP contribution in [0.1, 0.15) is 32.5 Å². The van der Waals surface area contributed by atoms with Crippen molar-refractivity contribution in [3.05, 3.63) is 35.1 Å². The van der Waals surface area contributed by atoms with Crippen molar-refractivity contribution in [2.24, 2.45) is 0 Å². The molecule has 0 fully saturated rings. The number of benzene rings is 1. The summed E-state index contributed by atoms with van der Waals surface area (Å²) in [5.74, 6) is 1.47. The maximum Gasteiger partial charge on any atom is 0.234 e. The summed E-state index contributed by atoms with van der Waals surface area (Å²) in [5.41, 5.74) is 0.731. The Bertz CT molecular complexity index is 639. The van der Waals surface area contributed by atoms with Crippen LogP contribution < -0.4 is 5.32 Å². The number of carbonyl (C=O) groups excluding carboxylic acids is 1. The minimum absolute atomic E-state index is 0.0796. The van der Waals surface area contributed by atoms with Gasteiger partial charge in [-0.05, 0) is 31.2 Å². The summed E-state index contributed by atoms with van der Waals surface area (Å²) < 4.78 is 2.05. The zero-order chi connectivity index (χ0) is 16.1. The Morgan fingerprint density at radius 3 is 2.59 bits per heavy atom. The summed E-state index contributed by atoms with van der Waals surface area (Å²) in [7, 11) is 0. The van der Waals surface area contributed by atoms with Gasteiger partial charge < -0.3 is 9.88 Å². The normalized spacial score (nSPS) is 11.0. The van der Waals surface area contributed by atoms with Gasteiger partial charge in [0.2, 0.25) is 5.91 Å². The van der Waals surface area contributed by atoms with Gasteiger partial charge in [-0.25, -0.2) is 0 Å². The van der Waals surface area contributed by atoms with Crippen LogP contribution in [-0.2, 0) is 11.3 Å². The van der Waals surface area contributed by atoms with E-state index in [1.54, 1.807) is 24.3 Å². The van der Waals surface area contributed by atoms with Gasteiger partial charge in [0.1, 0.15) is 5.82 Å². The fourth-order valence-electron chi connectivity index (χ4n) is 1.99. The first-order valence-electron chi connectivity index (χ1n) is 7.12. The van der Waals surface area contributed by atoms with E-state index in [9.17, 15) is 4.79 Å². The number of carbonyl (C=O) groups is 1. The van der Waals surface area contributed by atoms with Crippen molar-refractivity contribution in [2.45, 2.75) is 38.4 Å². The molecule has 118 valence electrons. The SMILES string of the molecule is CCn1c(SCC(=O)Nc2ccc(Cl)cc2)nnc1C(C)C. The molecule has 0 aliphatic rings. The molecule has 0 atom stereocenters. The first-order chi connectivity index (χ1) is 10.5. The van der Waals surface area contributed by atoms with Crippen LogP contribution in [0, 0.1) is 0 Å². The summed E-state index contributed by atoms with van der Waals surface area (Å²) in [6, 6.07) is 7.03. The Morgan fingerprint density at radius 1 is 1.32 bits per heavy atom. The van der Waals surface area contributed by atoms with Gasteiger partial charge in [-0.1, -0.05) is 37.2 Å². The number of hydrogen-bond donors (Lipinski definition) is 1. The quantitative estimate of drug-likeness (QED) is 0.814. The van der Waals surface area contributed by atoms with Crippen molar-refractivity contribution >= 4 is 35.0 Å². The lowest BCUT2D eigenvalue weighted by atomic mass is 10.2. The van der Waals surface area contributed by atoms with Crippen LogP contribution in [0.25, 0.3) is 0 Å². The number of thioether (sulfide) groups is 1. The molecule has 0 aliphatic heterocycles.